The van der Waals surface area contributed by atoms with Gasteiger partial charge in [-0.2, -0.15) is 0 Å². The lowest BCUT2D eigenvalue weighted by Gasteiger charge is -2.29. The summed E-state index contributed by atoms with van der Waals surface area (Å²) >= 11 is 7.02. The van der Waals surface area contributed by atoms with Gasteiger partial charge in [0.2, 0.25) is 0 Å². The Kier molecular flexibility index (Phi) is 7.38. The highest BCUT2D eigenvalue weighted by molar-refractivity contribution is 7.80. The van der Waals surface area contributed by atoms with Gasteiger partial charge in [-0.15, -0.1) is 11.3 Å². The van der Waals surface area contributed by atoms with Crippen LogP contribution < -0.4 is 15.5 Å². The maximum Gasteiger partial charge on any atom is 0.270 e. The number of benzene rings is 2. The van der Waals surface area contributed by atoms with E-state index in [1.165, 1.54) is 9.78 Å². The minimum absolute atomic E-state index is 0.00197. The summed E-state index contributed by atoms with van der Waals surface area (Å²) in [7, 11) is 0. The molecule has 9 heteroatoms. The predicted molar refractivity (Wildman–Crippen MR) is 172 cm³/mol. The molecular weight excluding hydrogens is 565 g/mol. The van der Waals surface area contributed by atoms with Gasteiger partial charge in [-0.25, -0.2) is 0 Å². The fourth-order valence-electron chi connectivity index (χ4n) is 5.72. The van der Waals surface area contributed by atoms with E-state index < -0.39 is 11.8 Å². The normalized spacial score (nSPS) is 16.0. The molecule has 0 unspecified atom stereocenters. The van der Waals surface area contributed by atoms with Crippen LogP contribution in [0.5, 0.6) is 0 Å². The Hall–Kier alpha value is -4.34. The average Bonchev–Trinajstić information content (AvgIpc) is 3.47. The molecule has 42 heavy (non-hydrogen) atoms. The molecular formula is C33H30N4O3S2. The van der Waals surface area contributed by atoms with Crippen LogP contribution in [-0.2, 0) is 22.4 Å². The third-order valence-corrected chi connectivity index (χ3v) is 9.31. The summed E-state index contributed by atoms with van der Waals surface area (Å²) < 4.78 is 2.07. The van der Waals surface area contributed by atoms with Gasteiger partial charge in [-0.3, -0.25) is 24.6 Å². The molecule has 212 valence electrons. The smallest absolute Gasteiger partial charge is 0.270 e. The van der Waals surface area contributed by atoms with Crippen molar-refractivity contribution in [1.82, 2.24) is 9.88 Å². The molecule has 7 nitrogen and oxygen atoms in total. The van der Waals surface area contributed by atoms with Crippen molar-refractivity contribution < 1.29 is 14.4 Å². The van der Waals surface area contributed by atoms with Crippen LogP contribution in [0.25, 0.3) is 11.1 Å². The lowest BCUT2D eigenvalue weighted by Crippen LogP contribution is -2.54. The quantitative estimate of drug-likeness (QED) is 0.159. The molecule has 0 atom stereocenters. The van der Waals surface area contributed by atoms with E-state index in [2.05, 4.69) is 15.2 Å². The first-order chi connectivity index (χ1) is 20.2. The van der Waals surface area contributed by atoms with Crippen molar-refractivity contribution in [2.75, 3.05) is 10.2 Å². The highest BCUT2D eigenvalue weighted by Crippen LogP contribution is 2.39. The number of aryl methyl sites for hydroxylation is 3. The van der Waals surface area contributed by atoms with Gasteiger partial charge in [-0.05, 0) is 112 Å². The number of para-hydroxylation sites is 1. The summed E-state index contributed by atoms with van der Waals surface area (Å²) in [5, 5.41) is 6.67. The van der Waals surface area contributed by atoms with Crippen molar-refractivity contribution in [2.45, 2.75) is 46.5 Å². The van der Waals surface area contributed by atoms with Crippen LogP contribution in [0.15, 0.2) is 66.2 Å². The van der Waals surface area contributed by atoms with E-state index in [-0.39, 0.29) is 16.6 Å². The van der Waals surface area contributed by atoms with E-state index in [1.54, 1.807) is 23.5 Å². The summed E-state index contributed by atoms with van der Waals surface area (Å²) in [5.41, 5.74) is 6.59. The molecule has 0 saturated carbocycles. The third-order valence-electron chi connectivity index (χ3n) is 7.75. The van der Waals surface area contributed by atoms with Crippen LogP contribution in [0.2, 0.25) is 0 Å². The number of thiocarbonyl (C=S) groups is 1. The van der Waals surface area contributed by atoms with E-state index in [9.17, 15) is 14.4 Å². The molecule has 2 aliphatic rings. The second-order valence-electron chi connectivity index (χ2n) is 10.7. The van der Waals surface area contributed by atoms with Gasteiger partial charge in [0, 0.05) is 22.0 Å². The zero-order valence-electron chi connectivity index (χ0n) is 23.6. The van der Waals surface area contributed by atoms with Crippen molar-refractivity contribution >= 4 is 63.8 Å². The first-order valence-corrected chi connectivity index (χ1v) is 15.1. The Morgan fingerprint density at radius 3 is 2.52 bits per heavy atom. The number of hydrogen-bond donors (Lipinski definition) is 2. The molecule has 3 amide bonds. The molecule has 2 aromatic carbocycles. The summed E-state index contributed by atoms with van der Waals surface area (Å²) in [4.78, 5) is 43.0. The van der Waals surface area contributed by atoms with Gasteiger partial charge in [0.1, 0.15) is 10.6 Å². The number of amides is 3. The zero-order valence-corrected chi connectivity index (χ0v) is 25.2. The number of rotatable bonds is 5. The molecule has 0 spiro atoms. The standard InChI is InChI=1S/C33H30N4O3S2/c1-19-10-9-13-24(16-19)37-31(40)26(29(38)35-33(37)41)18-22-17-20(2)36(21(22)3)32-28(25-14-7-8-15-27(25)42-32)30(39)34-23-11-5-4-6-12-23/h4-6,9-13,16-18H,7-8,14-15H2,1-3H3,(H,34,39)(H,35,38,41). The maximum atomic E-state index is 13.8. The summed E-state index contributed by atoms with van der Waals surface area (Å²) in [6.45, 7) is 5.86. The molecule has 1 saturated heterocycles. The number of aromatic nitrogens is 1. The van der Waals surface area contributed by atoms with E-state index >= 15 is 0 Å². The van der Waals surface area contributed by atoms with Crippen molar-refractivity contribution in [3.05, 3.63) is 105 Å². The van der Waals surface area contributed by atoms with Gasteiger partial charge < -0.3 is 9.88 Å². The van der Waals surface area contributed by atoms with Gasteiger partial charge in [0.05, 0.1) is 11.3 Å². The SMILES string of the molecule is Cc1cccc(N2C(=O)C(=Cc3cc(C)n(-c4sc5c(c4C(=O)Nc4ccccc4)CCCC5)c3C)C(=O)NC2=S)c1. The van der Waals surface area contributed by atoms with Crippen LogP contribution in [-0.4, -0.2) is 27.4 Å². The van der Waals surface area contributed by atoms with Crippen LogP contribution in [0.4, 0.5) is 11.4 Å². The molecule has 1 aliphatic carbocycles. The molecule has 6 rings (SSSR count). The number of nitrogens with one attached hydrogen (secondary N) is 2. The first-order valence-electron chi connectivity index (χ1n) is 13.9. The Bertz CT molecular complexity index is 1800. The average molecular weight is 595 g/mol. The van der Waals surface area contributed by atoms with Crippen LogP contribution in [0.1, 0.15) is 56.2 Å². The van der Waals surface area contributed by atoms with Gasteiger partial charge in [-0.1, -0.05) is 30.3 Å². The Morgan fingerprint density at radius 1 is 1.00 bits per heavy atom. The third kappa shape index (κ3) is 4.99. The van der Waals surface area contributed by atoms with Crippen LogP contribution in [0.3, 0.4) is 0 Å². The lowest BCUT2D eigenvalue weighted by atomic mass is 9.95. The Labute approximate surface area is 253 Å². The van der Waals surface area contributed by atoms with Crippen LogP contribution in [0, 0.1) is 20.8 Å². The monoisotopic (exact) mass is 594 g/mol. The minimum atomic E-state index is -0.534. The lowest BCUT2D eigenvalue weighted by molar-refractivity contribution is -0.122. The number of fused-ring (bicyclic) bond motifs is 1. The highest BCUT2D eigenvalue weighted by Gasteiger charge is 2.35. The number of hydrogen-bond acceptors (Lipinski definition) is 5. The molecule has 0 radical (unpaired) electrons. The molecule has 0 bridgehead atoms. The topological polar surface area (TPSA) is 83.4 Å². The number of thiophene rings is 1. The largest absolute Gasteiger partial charge is 0.322 e. The number of nitrogens with zero attached hydrogens (tertiary/aromatic N) is 2. The highest BCUT2D eigenvalue weighted by atomic mass is 32.1. The van der Waals surface area contributed by atoms with Crippen molar-refractivity contribution in [1.29, 1.82) is 0 Å². The van der Waals surface area contributed by atoms with Crippen molar-refractivity contribution in [2.24, 2.45) is 0 Å². The molecule has 2 aromatic heterocycles. The Morgan fingerprint density at radius 2 is 1.76 bits per heavy atom. The van der Waals surface area contributed by atoms with Crippen molar-refractivity contribution in [3.63, 3.8) is 0 Å². The molecule has 3 heterocycles. The number of carbonyl (C=O) groups is 3. The fourth-order valence-corrected chi connectivity index (χ4v) is 7.50. The van der Waals surface area contributed by atoms with E-state index in [0.29, 0.717) is 11.3 Å². The van der Waals surface area contributed by atoms with E-state index in [4.69, 9.17) is 12.2 Å². The summed E-state index contributed by atoms with van der Waals surface area (Å²) in [6.07, 6.45) is 5.59. The summed E-state index contributed by atoms with van der Waals surface area (Å²) in [6, 6.07) is 18.8. The van der Waals surface area contributed by atoms with Crippen LogP contribution >= 0.6 is 23.6 Å². The molecule has 4 aromatic rings. The van der Waals surface area contributed by atoms with Gasteiger partial charge >= 0.3 is 0 Å². The van der Waals surface area contributed by atoms with Gasteiger partial charge in [0.15, 0.2) is 5.11 Å². The minimum Gasteiger partial charge on any atom is -0.322 e. The van der Waals surface area contributed by atoms with E-state index in [0.717, 1.165) is 64.4 Å². The van der Waals surface area contributed by atoms with E-state index in [1.807, 2.05) is 75.4 Å². The number of anilines is 2. The second-order valence-corrected chi connectivity index (χ2v) is 12.1. The predicted octanol–water partition coefficient (Wildman–Crippen LogP) is 6.43. The molecule has 1 aliphatic heterocycles. The summed E-state index contributed by atoms with van der Waals surface area (Å²) in [5.74, 6) is -1.14. The maximum absolute atomic E-state index is 13.8. The molecule has 2 N–H and O–H groups in total. The Balaban J connectivity index is 1.42. The number of carbonyl (C=O) groups excluding carboxylic acids is 3. The second kappa shape index (κ2) is 11.2. The first kappa shape index (κ1) is 27.8. The molecule has 1 fully saturated rings. The van der Waals surface area contributed by atoms with Gasteiger partial charge in [0.25, 0.3) is 17.7 Å². The van der Waals surface area contributed by atoms with Crippen molar-refractivity contribution in [3.8, 4) is 5.00 Å². The fraction of sp³-hybridized carbons (Fsp3) is 0.212. The zero-order chi connectivity index (χ0) is 29.5.